The number of benzene rings is 2. The summed E-state index contributed by atoms with van der Waals surface area (Å²) in [5, 5.41) is 0. The van der Waals surface area contributed by atoms with Crippen LogP contribution in [0, 0.1) is 0 Å². The number of carbonyl (C=O) groups excluding carboxylic acids is 2. The van der Waals surface area contributed by atoms with Gasteiger partial charge in [-0.3, -0.25) is 9.59 Å². The predicted molar refractivity (Wildman–Crippen MR) is 73.8 cm³/mol. The quantitative estimate of drug-likeness (QED) is 0.620. The molecule has 0 fully saturated rings. The SMILES string of the molecule is COc1ccc(-c2ccccc2C(C)=O)c(C=O)c1. The maximum Gasteiger partial charge on any atom is 0.160 e. The molecular weight excluding hydrogens is 240 g/mol. The van der Waals surface area contributed by atoms with Crippen LogP contribution in [0.5, 0.6) is 5.75 Å². The van der Waals surface area contributed by atoms with Gasteiger partial charge in [-0.2, -0.15) is 0 Å². The van der Waals surface area contributed by atoms with Crippen molar-refractivity contribution < 1.29 is 14.3 Å². The molecule has 0 saturated heterocycles. The number of carbonyl (C=O) groups is 2. The highest BCUT2D eigenvalue weighted by Gasteiger charge is 2.12. The normalized spacial score (nSPS) is 10.0. The molecule has 0 atom stereocenters. The van der Waals surface area contributed by atoms with Crippen molar-refractivity contribution in [3.05, 3.63) is 53.6 Å². The Morgan fingerprint density at radius 3 is 2.47 bits per heavy atom. The number of ether oxygens (including phenoxy) is 1. The smallest absolute Gasteiger partial charge is 0.160 e. The Morgan fingerprint density at radius 1 is 1.11 bits per heavy atom. The van der Waals surface area contributed by atoms with E-state index in [2.05, 4.69) is 0 Å². The fourth-order valence-corrected chi connectivity index (χ4v) is 2.04. The molecule has 2 rings (SSSR count). The van der Waals surface area contributed by atoms with Crippen molar-refractivity contribution in [1.82, 2.24) is 0 Å². The lowest BCUT2D eigenvalue weighted by molar-refractivity contribution is 0.101. The third kappa shape index (κ3) is 2.55. The third-order valence-corrected chi connectivity index (χ3v) is 2.98. The Kier molecular flexibility index (Phi) is 3.76. The third-order valence-electron chi connectivity index (χ3n) is 2.98. The molecule has 3 nitrogen and oxygen atoms in total. The first kappa shape index (κ1) is 13.0. The lowest BCUT2D eigenvalue weighted by atomic mass is 9.94. The molecular formula is C16H14O3. The van der Waals surface area contributed by atoms with Gasteiger partial charge in [0.1, 0.15) is 5.75 Å². The Balaban J connectivity index is 2.65. The van der Waals surface area contributed by atoms with Crippen LogP contribution in [0.25, 0.3) is 11.1 Å². The molecule has 96 valence electrons. The van der Waals surface area contributed by atoms with Crippen molar-refractivity contribution in [2.24, 2.45) is 0 Å². The van der Waals surface area contributed by atoms with Gasteiger partial charge in [0, 0.05) is 11.1 Å². The van der Waals surface area contributed by atoms with Gasteiger partial charge in [0.2, 0.25) is 0 Å². The lowest BCUT2D eigenvalue weighted by Crippen LogP contribution is -1.98. The highest BCUT2D eigenvalue weighted by atomic mass is 16.5. The van der Waals surface area contributed by atoms with Crippen LogP contribution in [0.4, 0.5) is 0 Å². The first-order valence-corrected chi connectivity index (χ1v) is 5.91. The molecule has 2 aromatic carbocycles. The molecule has 0 radical (unpaired) electrons. The second kappa shape index (κ2) is 5.48. The van der Waals surface area contributed by atoms with Gasteiger partial charge in [-0.15, -0.1) is 0 Å². The second-order valence-corrected chi connectivity index (χ2v) is 4.17. The predicted octanol–water partition coefficient (Wildman–Crippen LogP) is 3.38. The average molecular weight is 254 g/mol. The second-order valence-electron chi connectivity index (χ2n) is 4.17. The minimum Gasteiger partial charge on any atom is -0.497 e. The van der Waals surface area contributed by atoms with Crippen LogP contribution in [-0.4, -0.2) is 19.2 Å². The van der Waals surface area contributed by atoms with E-state index in [1.54, 1.807) is 31.4 Å². The molecule has 0 amide bonds. The Hall–Kier alpha value is -2.42. The van der Waals surface area contributed by atoms with Crippen LogP contribution >= 0.6 is 0 Å². The van der Waals surface area contributed by atoms with Crippen molar-refractivity contribution in [2.45, 2.75) is 6.92 Å². The summed E-state index contributed by atoms with van der Waals surface area (Å²) in [6, 6.07) is 12.5. The average Bonchev–Trinajstić information content (AvgIpc) is 2.46. The molecule has 3 heteroatoms. The summed E-state index contributed by atoms with van der Waals surface area (Å²) >= 11 is 0. The molecule has 0 aliphatic carbocycles. The van der Waals surface area contributed by atoms with Crippen molar-refractivity contribution in [3.63, 3.8) is 0 Å². The molecule has 0 N–H and O–H groups in total. The van der Waals surface area contributed by atoms with Crippen molar-refractivity contribution in [3.8, 4) is 16.9 Å². The minimum absolute atomic E-state index is 0.0248. The molecule has 0 bridgehead atoms. The van der Waals surface area contributed by atoms with Gasteiger partial charge in [0.05, 0.1) is 7.11 Å². The van der Waals surface area contributed by atoms with Crippen LogP contribution in [-0.2, 0) is 0 Å². The number of Topliss-reactive ketones (excluding diaryl/α,β-unsaturated/α-hetero) is 1. The summed E-state index contributed by atoms with van der Waals surface area (Å²) in [5.74, 6) is 0.592. The molecule has 2 aromatic rings. The topological polar surface area (TPSA) is 43.4 Å². The van der Waals surface area contributed by atoms with Crippen LogP contribution in [0.15, 0.2) is 42.5 Å². The van der Waals surface area contributed by atoms with Crippen molar-refractivity contribution >= 4 is 12.1 Å². The summed E-state index contributed by atoms with van der Waals surface area (Å²) in [6.07, 6.45) is 0.773. The summed E-state index contributed by atoms with van der Waals surface area (Å²) in [4.78, 5) is 22.9. The van der Waals surface area contributed by atoms with Crippen molar-refractivity contribution in [1.29, 1.82) is 0 Å². The van der Waals surface area contributed by atoms with E-state index < -0.39 is 0 Å². The fraction of sp³-hybridized carbons (Fsp3) is 0.125. The molecule has 0 unspecified atom stereocenters. The largest absolute Gasteiger partial charge is 0.497 e. The Bertz CT molecular complexity index is 630. The summed E-state index contributed by atoms with van der Waals surface area (Å²) < 4.78 is 5.10. The van der Waals surface area contributed by atoms with Crippen LogP contribution in [0.3, 0.4) is 0 Å². The van der Waals surface area contributed by atoms with E-state index in [0.29, 0.717) is 16.9 Å². The van der Waals surface area contributed by atoms with Gasteiger partial charge in [-0.25, -0.2) is 0 Å². The van der Waals surface area contributed by atoms with E-state index in [0.717, 1.165) is 17.4 Å². The maximum atomic E-state index is 11.6. The standard InChI is InChI=1S/C16H14O3/c1-11(18)14-5-3-4-6-16(14)15-8-7-13(19-2)9-12(15)10-17/h3-10H,1-2H3. The van der Waals surface area contributed by atoms with Gasteiger partial charge < -0.3 is 4.74 Å². The van der Waals surface area contributed by atoms with Crippen LogP contribution in [0.2, 0.25) is 0 Å². The molecule has 0 saturated carbocycles. The molecule has 0 aliphatic heterocycles. The van der Waals surface area contributed by atoms with Gasteiger partial charge in [0.25, 0.3) is 0 Å². The first-order chi connectivity index (χ1) is 9.17. The molecule has 0 aliphatic rings. The van der Waals surface area contributed by atoms with E-state index in [1.807, 2.05) is 18.2 Å². The Morgan fingerprint density at radius 2 is 1.84 bits per heavy atom. The van der Waals surface area contributed by atoms with E-state index in [9.17, 15) is 9.59 Å². The van der Waals surface area contributed by atoms with E-state index in [1.165, 1.54) is 6.92 Å². The number of methoxy groups -OCH3 is 1. The number of aldehydes is 1. The molecule has 0 aromatic heterocycles. The number of hydrogen-bond acceptors (Lipinski definition) is 3. The van der Waals surface area contributed by atoms with Crippen LogP contribution in [0.1, 0.15) is 27.6 Å². The summed E-state index contributed by atoms with van der Waals surface area (Å²) in [7, 11) is 1.55. The van der Waals surface area contributed by atoms with Gasteiger partial charge in [-0.1, -0.05) is 24.3 Å². The summed E-state index contributed by atoms with van der Waals surface area (Å²) in [5.41, 5.74) is 2.62. The molecule has 0 heterocycles. The zero-order chi connectivity index (χ0) is 13.8. The maximum absolute atomic E-state index is 11.6. The monoisotopic (exact) mass is 254 g/mol. The molecule has 0 spiro atoms. The number of ketones is 1. The summed E-state index contributed by atoms with van der Waals surface area (Å²) in [6.45, 7) is 1.52. The Labute approximate surface area is 111 Å². The highest BCUT2D eigenvalue weighted by Crippen LogP contribution is 2.29. The zero-order valence-electron chi connectivity index (χ0n) is 10.8. The highest BCUT2D eigenvalue weighted by molar-refractivity contribution is 6.03. The first-order valence-electron chi connectivity index (χ1n) is 5.91. The van der Waals surface area contributed by atoms with Gasteiger partial charge in [0.15, 0.2) is 12.1 Å². The fourth-order valence-electron chi connectivity index (χ4n) is 2.04. The van der Waals surface area contributed by atoms with Gasteiger partial charge in [-0.05, 0) is 36.2 Å². The molecule has 19 heavy (non-hydrogen) atoms. The zero-order valence-corrected chi connectivity index (χ0v) is 10.8. The van der Waals surface area contributed by atoms with E-state index in [-0.39, 0.29) is 5.78 Å². The van der Waals surface area contributed by atoms with Crippen LogP contribution < -0.4 is 4.74 Å². The minimum atomic E-state index is -0.0248. The van der Waals surface area contributed by atoms with Gasteiger partial charge >= 0.3 is 0 Å². The van der Waals surface area contributed by atoms with E-state index >= 15 is 0 Å². The lowest BCUT2D eigenvalue weighted by Gasteiger charge is -2.10. The number of hydrogen-bond donors (Lipinski definition) is 0. The number of rotatable bonds is 4. The van der Waals surface area contributed by atoms with E-state index in [4.69, 9.17) is 4.74 Å². The van der Waals surface area contributed by atoms with Crippen molar-refractivity contribution in [2.75, 3.05) is 7.11 Å².